The van der Waals surface area contributed by atoms with Crippen molar-refractivity contribution in [3.8, 4) is 5.75 Å². The predicted molar refractivity (Wildman–Crippen MR) is 131 cm³/mol. The average molecular weight is 475 g/mol. The van der Waals surface area contributed by atoms with Crippen LogP contribution in [0.4, 0.5) is 5.69 Å². The van der Waals surface area contributed by atoms with Gasteiger partial charge in [-0.15, -0.1) is 0 Å². The molecule has 9 heteroatoms. The summed E-state index contributed by atoms with van der Waals surface area (Å²) in [6.45, 7) is 7.80. The van der Waals surface area contributed by atoms with Gasteiger partial charge >= 0.3 is 0 Å². The molecule has 2 unspecified atom stereocenters. The molecule has 33 heavy (non-hydrogen) atoms. The largest absolute Gasteiger partial charge is 0.497 e. The third kappa shape index (κ3) is 5.85. The number of hydrogen-bond acceptors (Lipinski definition) is 6. The summed E-state index contributed by atoms with van der Waals surface area (Å²) in [7, 11) is -2.25. The number of nitrogens with zero attached hydrogens (tertiary/aromatic N) is 1. The molecule has 1 aliphatic rings. The molecule has 2 atom stereocenters. The maximum atomic E-state index is 13.7. The summed E-state index contributed by atoms with van der Waals surface area (Å²) in [5.74, 6) is 0.677. The zero-order valence-corrected chi connectivity index (χ0v) is 20.6. The number of carbonyl (C=O) groups excluding carboxylic acids is 1. The molecular weight excluding hydrogens is 440 g/mol. The molecule has 1 fully saturated rings. The molecule has 0 radical (unpaired) electrons. The third-order valence-electron chi connectivity index (χ3n) is 5.96. The lowest BCUT2D eigenvalue weighted by atomic mass is 10.0. The van der Waals surface area contributed by atoms with E-state index in [0.29, 0.717) is 18.2 Å². The molecule has 180 valence electrons. The zero-order valence-electron chi connectivity index (χ0n) is 19.8. The Balaban J connectivity index is 1.82. The van der Waals surface area contributed by atoms with Crippen molar-refractivity contribution in [1.82, 2.24) is 16.2 Å². The fourth-order valence-electron chi connectivity index (χ4n) is 4.01. The smallest absolute Gasteiger partial charge is 0.241 e. The van der Waals surface area contributed by atoms with Gasteiger partial charge in [0.2, 0.25) is 15.9 Å². The number of amides is 1. The molecule has 1 aliphatic heterocycles. The Labute approximate surface area is 196 Å². The normalized spacial score (nSPS) is 20.6. The van der Waals surface area contributed by atoms with Crippen molar-refractivity contribution < 1.29 is 17.9 Å². The number of ether oxygens (including phenoxy) is 1. The van der Waals surface area contributed by atoms with E-state index >= 15 is 0 Å². The summed E-state index contributed by atoms with van der Waals surface area (Å²) in [5.41, 5.74) is 8.47. The van der Waals surface area contributed by atoms with Crippen LogP contribution in [0.25, 0.3) is 0 Å². The number of sulfonamides is 1. The van der Waals surface area contributed by atoms with Gasteiger partial charge in [-0.1, -0.05) is 38.1 Å². The van der Waals surface area contributed by atoms with E-state index in [-0.39, 0.29) is 24.5 Å². The topological polar surface area (TPSA) is 99.8 Å². The van der Waals surface area contributed by atoms with Gasteiger partial charge in [-0.05, 0) is 55.2 Å². The van der Waals surface area contributed by atoms with Crippen molar-refractivity contribution in [3.05, 3.63) is 59.7 Å². The van der Waals surface area contributed by atoms with Gasteiger partial charge in [-0.2, -0.15) is 0 Å². The fourth-order valence-corrected chi connectivity index (χ4v) is 6.18. The minimum atomic E-state index is -3.84. The van der Waals surface area contributed by atoms with Gasteiger partial charge in [-0.3, -0.25) is 20.0 Å². The van der Waals surface area contributed by atoms with Crippen LogP contribution in [0.15, 0.2) is 48.5 Å². The third-order valence-corrected chi connectivity index (χ3v) is 8.42. The van der Waals surface area contributed by atoms with Crippen molar-refractivity contribution in [1.29, 1.82) is 0 Å². The molecule has 0 saturated carbocycles. The van der Waals surface area contributed by atoms with Crippen LogP contribution in [-0.2, 0) is 21.4 Å². The van der Waals surface area contributed by atoms with Gasteiger partial charge in [0.25, 0.3) is 0 Å². The number of methoxy groups -OCH3 is 1. The highest BCUT2D eigenvalue weighted by atomic mass is 32.2. The lowest BCUT2D eigenvalue weighted by molar-refractivity contribution is -0.119. The molecule has 1 saturated heterocycles. The second kappa shape index (κ2) is 10.5. The van der Waals surface area contributed by atoms with Gasteiger partial charge in [-0.25, -0.2) is 8.42 Å². The predicted octanol–water partition coefficient (Wildman–Crippen LogP) is 2.52. The highest BCUT2D eigenvalue weighted by Crippen LogP contribution is 2.27. The fraction of sp³-hybridized carbons (Fsp3) is 0.458. The molecule has 8 nitrogen and oxygen atoms in total. The van der Waals surface area contributed by atoms with E-state index in [4.69, 9.17) is 4.74 Å². The second-order valence-electron chi connectivity index (χ2n) is 8.75. The van der Waals surface area contributed by atoms with E-state index in [9.17, 15) is 13.2 Å². The molecule has 3 rings (SSSR count). The van der Waals surface area contributed by atoms with Crippen LogP contribution in [0.1, 0.15) is 44.7 Å². The standard InChI is InChI=1S/C24H34N4O4S/c1-16(2)20-8-10-21(11-9-20)28(33(30,31)24-17(3)26-27-18(24)4)15-23(29)25-14-19-6-12-22(32-5)13-7-19/h6-13,16-18,24,26-27H,14-15H2,1-5H3,(H,25,29). The van der Waals surface area contributed by atoms with Gasteiger partial charge < -0.3 is 10.1 Å². The van der Waals surface area contributed by atoms with Crippen molar-refractivity contribution in [2.45, 2.75) is 57.5 Å². The van der Waals surface area contributed by atoms with E-state index in [1.165, 1.54) is 4.31 Å². The molecule has 0 spiro atoms. The van der Waals surface area contributed by atoms with Gasteiger partial charge in [0, 0.05) is 18.6 Å². The molecule has 0 aromatic heterocycles. The average Bonchev–Trinajstić information content (AvgIpc) is 3.15. The highest BCUT2D eigenvalue weighted by molar-refractivity contribution is 7.93. The van der Waals surface area contributed by atoms with Crippen LogP contribution in [0.2, 0.25) is 0 Å². The van der Waals surface area contributed by atoms with Crippen LogP contribution in [0.5, 0.6) is 5.75 Å². The maximum Gasteiger partial charge on any atom is 0.241 e. The Morgan fingerprint density at radius 3 is 2.12 bits per heavy atom. The van der Waals surface area contributed by atoms with Crippen molar-refractivity contribution >= 4 is 21.6 Å². The maximum absolute atomic E-state index is 13.7. The van der Waals surface area contributed by atoms with Crippen molar-refractivity contribution in [3.63, 3.8) is 0 Å². The molecule has 0 aliphatic carbocycles. The van der Waals surface area contributed by atoms with Crippen LogP contribution < -0.4 is 25.2 Å². The van der Waals surface area contributed by atoms with E-state index in [1.807, 2.05) is 50.2 Å². The molecule has 3 N–H and O–H groups in total. The Bertz CT molecular complexity index is 1030. The van der Waals surface area contributed by atoms with Gasteiger partial charge in [0.1, 0.15) is 17.5 Å². The molecular formula is C24H34N4O4S. The Morgan fingerprint density at radius 2 is 1.61 bits per heavy atom. The van der Waals surface area contributed by atoms with Crippen LogP contribution in [0.3, 0.4) is 0 Å². The molecule has 0 bridgehead atoms. The van der Waals surface area contributed by atoms with E-state index in [0.717, 1.165) is 16.9 Å². The number of carbonyl (C=O) groups is 1. The second-order valence-corrected chi connectivity index (χ2v) is 10.8. The summed E-state index contributed by atoms with van der Waals surface area (Å²) < 4.78 is 33.8. The first-order valence-corrected chi connectivity index (χ1v) is 12.7. The number of hydrogen-bond donors (Lipinski definition) is 3. The number of nitrogens with one attached hydrogen (secondary N) is 3. The van der Waals surface area contributed by atoms with Crippen molar-refractivity contribution in [2.24, 2.45) is 0 Å². The first-order valence-electron chi connectivity index (χ1n) is 11.2. The molecule has 2 aromatic rings. The SMILES string of the molecule is COc1ccc(CNC(=O)CN(c2ccc(C(C)C)cc2)S(=O)(=O)C2C(C)NNC2C)cc1. The minimum absolute atomic E-state index is 0.294. The van der Waals surface area contributed by atoms with E-state index in [1.54, 1.807) is 19.2 Å². The first-order chi connectivity index (χ1) is 15.6. The number of anilines is 1. The quantitative estimate of drug-likeness (QED) is 0.517. The molecule has 1 heterocycles. The lowest BCUT2D eigenvalue weighted by Gasteiger charge is -2.30. The monoisotopic (exact) mass is 474 g/mol. The van der Waals surface area contributed by atoms with Crippen LogP contribution >= 0.6 is 0 Å². The Morgan fingerprint density at radius 1 is 1.03 bits per heavy atom. The van der Waals surface area contributed by atoms with Gasteiger partial charge in [0.15, 0.2) is 0 Å². The van der Waals surface area contributed by atoms with Crippen LogP contribution in [0, 0.1) is 0 Å². The summed E-state index contributed by atoms with van der Waals surface area (Å²) in [4.78, 5) is 12.8. The van der Waals surface area contributed by atoms with E-state index in [2.05, 4.69) is 30.0 Å². The summed E-state index contributed by atoms with van der Waals surface area (Å²) in [6, 6.07) is 14.1. The Kier molecular flexibility index (Phi) is 7.99. The first kappa shape index (κ1) is 25.0. The van der Waals surface area contributed by atoms with Crippen molar-refractivity contribution in [2.75, 3.05) is 18.0 Å². The lowest BCUT2D eigenvalue weighted by Crippen LogP contribution is -2.50. The number of hydrazine groups is 1. The summed E-state index contributed by atoms with van der Waals surface area (Å²) >= 11 is 0. The molecule has 2 aromatic carbocycles. The summed E-state index contributed by atoms with van der Waals surface area (Å²) in [6.07, 6.45) is 0. The number of benzene rings is 2. The Hall–Kier alpha value is -2.62. The highest BCUT2D eigenvalue weighted by Gasteiger charge is 2.44. The zero-order chi connectivity index (χ0) is 24.2. The summed E-state index contributed by atoms with van der Waals surface area (Å²) in [5, 5.41) is 2.12. The van der Waals surface area contributed by atoms with Gasteiger partial charge in [0.05, 0.1) is 12.8 Å². The van der Waals surface area contributed by atoms with E-state index < -0.39 is 15.3 Å². The minimum Gasteiger partial charge on any atom is -0.497 e. The number of rotatable bonds is 9. The molecule has 1 amide bonds. The van der Waals surface area contributed by atoms with Crippen LogP contribution in [-0.4, -0.2) is 45.3 Å².